The van der Waals surface area contributed by atoms with Crippen molar-refractivity contribution in [3.05, 3.63) is 70.8 Å². The van der Waals surface area contributed by atoms with Gasteiger partial charge in [-0.2, -0.15) is 0 Å². The molecule has 2 rings (SSSR count). The third kappa shape index (κ3) is 5.94. The zero-order valence-electron chi connectivity index (χ0n) is 16.7. The summed E-state index contributed by atoms with van der Waals surface area (Å²) in [7, 11) is 0. The van der Waals surface area contributed by atoms with Crippen LogP contribution in [-0.4, -0.2) is 23.8 Å². The molecule has 6 heteroatoms. The minimum Gasteiger partial charge on any atom is -0.340 e. The Morgan fingerprint density at radius 2 is 1.50 bits per heavy atom. The molecular weight excluding hydrogens is 354 g/mol. The topological polar surface area (TPSA) is 87.3 Å². The van der Waals surface area contributed by atoms with Crippen LogP contribution >= 0.6 is 0 Å². The lowest BCUT2D eigenvalue weighted by Crippen LogP contribution is -2.52. The van der Waals surface area contributed by atoms with Gasteiger partial charge in [0.1, 0.15) is 6.04 Å². The number of hydrazine groups is 1. The van der Waals surface area contributed by atoms with Gasteiger partial charge in [0.25, 0.3) is 17.7 Å². The monoisotopic (exact) mass is 381 g/mol. The minimum atomic E-state index is -0.759. The van der Waals surface area contributed by atoms with Crippen molar-refractivity contribution in [1.29, 1.82) is 0 Å². The van der Waals surface area contributed by atoms with Crippen molar-refractivity contribution in [2.75, 3.05) is 0 Å². The van der Waals surface area contributed by atoms with E-state index >= 15 is 0 Å². The van der Waals surface area contributed by atoms with E-state index < -0.39 is 17.9 Å². The molecule has 0 aliphatic rings. The first-order valence-electron chi connectivity index (χ1n) is 9.31. The van der Waals surface area contributed by atoms with Crippen LogP contribution in [0.2, 0.25) is 0 Å². The van der Waals surface area contributed by atoms with Gasteiger partial charge in [-0.25, -0.2) is 0 Å². The molecule has 0 radical (unpaired) electrons. The van der Waals surface area contributed by atoms with Crippen molar-refractivity contribution in [1.82, 2.24) is 16.2 Å². The standard InChI is InChI=1S/C22H27N3O3/c1-14(2)13-19(23-21(27)18-8-6-5-7-16(18)4)22(28)25-24-20(26)17-11-9-15(3)10-12-17/h5-12,14,19H,13H2,1-4H3,(H,23,27)(H,24,26)(H,25,28)/t19-/m0/s1. The molecule has 28 heavy (non-hydrogen) atoms. The summed E-state index contributed by atoms with van der Waals surface area (Å²) < 4.78 is 0. The highest BCUT2D eigenvalue weighted by molar-refractivity contribution is 5.99. The van der Waals surface area contributed by atoms with E-state index in [2.05, 4.69) is 16.2 Å². The van der Waals surface area contributed by atoms with E-state index in [1.807, 2.05) is 52.0 Å². The fourth-order valence-corrected chi connectivity index (χ4v) is 2.75. The number of carbonyl (C=O) groups is 3. The molecule has 0 aliphatic heterocycles. The zero-order chi connectivity index (χ0) is 20.7. The molecule has 0 saturated carbocycles. The Morgan fingerprint density at radius 1 is 0.857 bits per heavy atom. The van der Waals surface area contributed by atoms with Gasteiger partial charge in [-0.15, -0.1) is 0 Å². The summed E-state index contributed by atoms with van der Waals surface area (Å²) in [6, 6.07) is 13.4. The number of hydrogen-bond donors (Lipinski definition) is 3. The molecule has 6 nitrogen and oxygen atoms in total. The summed E-state index contributed by atoms with van der Waals surface area (Å²) in [6.45, 7) is 7.70. The van der Waals surface area contributed by atoms with Gasteiger partial charge >= 0.3 is 0 Å². The maximum Gasteiger partial charge on any atom is 0.269 e. The van der Waals surface area contributed by atoms with Gasteiger partial charge in [0.2, 0.25) is 0 Å². The summed E-state index contributed by atoms with van der Waals surface area (Å²) >= 11 is 0. The van der Waals surface area contributed by atoms with Crippen molar-refractivity contribution in [3.8, 4) is 0 Å². The van der Waals surface area contributed by atoms with Crippen molar-refractivity contribution < 1.29 is 14.4 Å². The summed E-state index contributed by atoms with van der Waals surface area (Å²) in [4.78, 5) is 37.3. The predicted octanol–water partition coefficient (Wildman–Crippen LogP) is 2.91. The summed E-state index contributed by atoms with van der Waals surface area (Å²) in [5, 5.41) is 2.77. The number of amides is 3. The summed E-state index contributed by atoms with van der Waals surface area (Å²) in [5.74, 6) is -1.01. The smallest absolute Gasteiger partial charge is 0.269 e. The van der Waals surface area contributed by atoms with E-state index in [-0.39, 0.29) is 11.8 Å². The van der Waals surface area contributed by atoms with Crippen LogP contribution in [0.4, 0.5) is 0 Å². The third-order valence-electron chi connectivity index (χ3n) is 4.33. The summed E-state index contributed by atoms with van der Waals surface area (Å²) in [6.07, 6.45) is 0.448. The van der Waals surface area contributed by atoms with Crippen LogP contribution < -0.4 is 16.2 Å². The van der Waals surface area contributed by atoms with E-state index in [9.17, 15) is 14.4 Å². The molecule has 0 fully saturated rings. The van der Waals surface area contributed by atoms with E-state index in [0.717, 1.165) is 11.1 Å². The second-order valence-corrected chi connectivity index (χ2v) is 7.28. The van der Waals surface area contributed by atoms with Crippen molar-refractivity contribution in [2.24, 2.45) is 5.92 Å². The van der Waals surface area contributed by atoms with Crippen LogP contribution in [0.5, 0.6) is 0 Å². The van der Waals surface area contributed by atoms with E-state index in [4.69, 9.17) is 0 Å². The molecule has 3 N–H and O–H groups in total. The van der Waals surface area contributed by atoms with Crippen LogP contribution in [0.15, 0.2) is 48.5 Å². The molecule has 0 saturated heterocycles. The highest BCUT2D eigenvalue weighted by atomic mass is 16.2. The van der Waals surface area contributed by atoms with Gasteiger partial charge < -0.3 is 5.32 Å². The lowest BCUT2D eigenvalue weighted by molar-refractivity contribution is -0.124. The SMILES string of the molecule is Cc1ccc(C(=O)NNC(=O)[C@H](CC(C)C)NC(=O)c2ccccc2C)cc1. The van der Waals surface area contributed by atoms with Gasteiger partial charge in [0, 0.05) is 11.1 Å². The maximum absolute atomic E-state index is 12.6. The molecule has 0 bridgehead atoms. The first-order valence-corrected chi connectivity index (χ1v) is 9.31. The second kappa shape index (κ2) is 9.69. The van der Waals surface area contributed by atoms with Crippen molar-refractivity contribution in [3.63, 3.8) is 0 Å². The Kier molecular flexibility index (Phi) is 7.32. The van der Waals surface area contributed by atoms with Crippen LogP contribution in [0.1, 0.15) is 52.1 Å². The second-order valence-electron chi connectivity index (χ2n) is 7.28. The molecule has 1 atom stereocenters. The highest BCUT2D eigenvalue weighted by Crippen LogP contribution is 2.10. The largest absolute Gasteiger partial charge is 0.340 e. The Bertz CT molecular complexity index is 844. The fourth-order valence-electron chi connectivity index (χ4n) is 2.75. The molecule has 3 amide bonds. The third-order valence-corrected chi connectivity index (χ3v) is 4.33. The number of carbonyl (C=O) groups excluding carboxylic acids is 3. The van der Waals surface area contributed by atoms with Gasteiger partial charge in [-0.1, -0.05) is 49.7 Å². The number of aryl methyl sites for hydroxylation is 2. The maximum atomic E-state index is 12.6. The van der Waals surface area contributed by atoms with Crippen LogP contribution in [0.3, 0.4) is 0 Å². The molecule has 0 heterocycles. The first kappa shape index (κ1) is 21.2. The minimum absolute atomic E-state index is 0.181. The average molecular weight is 381 g/mol. The summed E-state index contributed by atoms with van der Waals surface area (Å²) in [5.41, 5.74) is 7.66. The predicted molar refractivity (Wildman–Crippen MR) is 109 cm³/mol. The molecule has 0 unspecified atom stereocenters. The number of nitrogens with one attached hydrogen (secondary N) is 3. The molecule has 0 spiro atoms. The quantitative estimate of drug-likeness (QED) is 0.673. The van der Waals surface area contributed by atoms with Crippen molar-refractivity contribution in [2.45, 2.75) is 40.2 Å². The number of hydrogen-bond acceptors (Lipinski definition) is 3. The highest BCUT2D eigenvalue weighted by Gasteiger charge is 2.23. The number of benzene rings is 2. The lowest BCUT2D eigenvalue weighted by Gasteiger charge is -2.21. The van der Waals surface area contributed by atoms with Crippen LogP contribution in [0, 0.1) is 19.8 Å². The molecule has 0 aliphatic carbocycles. The van der Waals surface area contributed by atoms with Gasteiger partial charge in [-0.05, 0) is 49.9 Å². The molecule has 0 aromatic heterocycles. The van der Waals surface area contributed by atoms with E-state index in [1.54, 1.807) is 24.3 Å². The Labute approximate surface area is 165 Å². The molecular formula is C22H27N3O3. The Hall–Kier alpha value is -3.15. The van der Waals surface area contributed by atoms with E-state index in [1.165, 1.54) is 0 Å². The van der Waals surface area contributed by atoms with Gasteiger partial charge in [0.05, 0.1) is 0 Å². The molecule has 2 aromatic rings. The first-order chi connectivity index (χ1) is 13.3. The molecule has 148 valence electrons. The van der Waals surface area contributed by atoms with Crippen molar-refractivity contribution >= 4 is 17.7 Å². The molecule has 2 aromatic carbocycles. The zero-order valence-corrected chi connectivity index (χ0v) is 16.7. The Morgan fingerprint density at radius 3 is 2.11 bits per heavy atom. The number of rotatable bonds is 6. The van der Waals surface area contributed by atoms with Crippen LogP contribution in [0.25, 0.3) is 0 Å². The van der Waals surface area contributed by atoms with Crippen LogP contribution in [-0.2, 0) is 4.79 Å². The van der Waals surface area contributed by atoms with Gasteiger partial charge in [0.15, 0.2) is 0 Å². The lowest BCUT2D eigenvalue weighted by atomic mass is 10.0. The normalized spacial score (nSPS) is 11.6. The average Bonchev–Trinajstić information content (AvgIpc) is 2.65. The van der Waals surface area contributed by atoms with Gasteiger partial charge in [-0.3, -0.25) is 25.2 Å². The Balaban J connectivity index is 2.02. The van der Waals surface area contributed by atoms with E-state index in [0.29, 0.717) is 17.5 Å². The fraction of sp³-hybridized carbons (Fsp3) is 0.318.